The van der Waals surface area contributed by atoms with E-state index in [1.165, 1.54) is 0 Å². The normalized spacial score (nSPS) is 19.9. The molecule has 1 atom stereocenters. The molecule has 1 aliphatic rings. The second-order valence-corrected chi connectivity index (χ2v) is 3.59. The molecule has 1 saturated heterocycles. The lowest BCUT2D eigenvalue weighted by Crippen LogP contribution is -2.56. The molecule has 0 spiro atoms. The van der Waals surface area contributed by atoms with Crippen LogP contribution in [-0.2, 0) is 11.2 Å². The molecule has 4 nitrogen and oxygen atoms in total. The van der Waals surface area contributed by atoms with Crippen molar-refractivity contribution in [3.05, 3.63) is 35.9 Å². The van der Waals surface area contributed by atoms with Crippen LogP contribution >= 0.6 is 0 Å². The van der Waals surface area contributed by atoms with Gasteiger partial charge in [0, 0.05) is 6.42 Å². The first kappa shape index (κ1) is 9.71. The molecule has 1 aromatic rings. The summed E-state index contributed by atoms with van der Waals surface area (Å²) in [4.78, 5) is 22.6. The summed E-state index contributed by atoms with van der Waals surface area (Å²) < 4.78 is 0. The zero-order valence-corrected chi connectivity index (χ0v) is 8.09. The third kappa shape index (κ3) is 1.83. The molecule has 15 heavy (non-hydrogen) atoms. The quantitative estimate of drug-likeness (QED) is 0.744. The number of amides is 2. The molecule has 1 unspecified atom stereocenters. The lowest BCUT2D eigenvalue weighted by molar-refractivity contribution is -0.141. The van der Waals surface area contributed by atoms with Crippen molar-refractivity contribution in [2.45, 2.75) is 18.9 Å². The molecule has 0 bridgehead atoms. The zero-order chi connectivity index (χ0) is 10.8. The molecule has 1 fully saturated rings. The summed E-state index contributed by atoms with van der Waals surface area (Å²) in [7, 11) is 0. The summed E-state index contributed by atoms with van der Waals surface area (Å²) in [5.74, 6) is -0.302. The van der Waals surface area contributed by atoms with Crippen molar-refractivity contribution in [3.8, 4) is 0 Å². The van der Waals surface area contributed by atoms with Crippen molar-refractivity contribution in [1.29, 1.82) is 0 Å². The summed E-state index contributed by atoms with van der Waals surface area (Å²) in [6, 6.07) is 9.40. The number of nitrogens with zero attached hydrogens (tertiary/aromatic N) is 1. The summed E-state index contributed by atoms with van der Waals surface area (Å²) in [5.41, 5.74) is 1.06. The second kappa shape index (κ2) is 3.73. The van der Waals surface area contributed by atoms with Gasteiger partial charge < -0.3 is 5.11 Å². The van der Waals surface area contributed by atoms with Crippen LogP contribution in [0.1, 0.15) is 12.0 Å². The van der Waals surface area contributed by atoms with E-state index in [-0.39, 0.29) is 11.9 Å². The number of benzene rings is 1. The minimum atomic E-state index is -1.15. The van der Waals surface area contributed by atoms with Crippen LogP contribution < -0.4 is 0 Å². The van der Waals surface area contributed by atoms with E-state index in [0.29, 0.717) is 12.8 Å². The molecule has 0 aliphatic carbocycles. The first-order valence-corrected chi connectivity index (χ1v) is 4.77. The molecule has 78 valence electrons. The highest BCUT2D eigenvalue weighted by molar-refractivity contribution is 5.96. The van der Waals surface area contributed by atoms with Crippen LogP contribution in [0.25, 0.3) is 0 Å². The molecule has 1 heterocycles. The Morgan fingerprint density at radius 3 is 2.60 bits per heavy atom. The molecular formula is C11H11NO3. The van der Waals surface area contributed by atoms with Gasteiger partial charge in [-0.3, -0.25) is 4.79 Å². The molecule has 1 aliphatic heterocycles. The maximum atomic E-state index is 11.0. The Morgan fingerprint density at radius 1 is 1.40 bits per heavy atom. The van der Waals surface area contributed by atoms with Gasteiger partial charge in [-0.05, 0) is 12.0 Å². The number of likely N-dealkylation sites (tertiary alicyclic amines) is 1. The largest absolute Gasteiger partial charge is 0.465 e. The van der Waals surface area contributed by atoms with Crippen LogP contribution in [0.5, 0.6) is 0 Å². The predicted molar refractivity (Wildman–Crippen MR) is 53.4 cm³/mol. The Morgan fingerprint density at radius 2 is 2.07 bits per heavy atom. The van der Waals surface area contributed by atoms with E-state index in [4.69, 9.17) is 5.11 Å². The summed E-state index contributed by atoms with van der Waals surface area (Å²) >= 11 is 0. The van der Waals surface area contributed by atoms with Crippen molar-refractivity contribution >= 4 is 12.0 Å². The number of carbonyl (C=O) groups excluding carboxylic acids is 1. The van der Waals surface area contributed by atoms with Crippen LogP contribution in [0, 0.1) is 0 Å². The van der Waals surface area contributed by atoms with E-state index in [2.05, 4.69) is 0 Å². The molecular weight excluding hydrogens is 194 g/mol. The Hall–Kier alpha value is -1.84. The first-order chi connectivity index (χ1) is 7.18. The van der Waals surface area contributed by atoms with Gasteiger partial charge >= 0.3 is 6.09 Å². The highest BCUT2D eigenvalue weighted by atomic mass is 16.4. The van der Waals surface area contributed by atoms with Crippen molar-refractivity contribution in [3.63, 3.8) is 0 Å². The van der Waals surface area contributed by atoms with Crippen molar-refractivity contribution < 1.29 is 14.7 Å². The molecule has 0 saturated carbocycles. The van der Waals surface area contributed by atoms with E-state index < -0.39 is 6.09 Å². The number of carboxylic acid groups (broad SMARTS) is 1. The van der Waals surface area contributed by atoms with Gasteiger partial charge in [0.15, 0.2) is 0 Å². The smallest absolute Gasteiger partial charge is 0.414 e. The number of rotatable bonds is 2. The van der Waals surface area contributed by atoms with Crippen LogP contribution in [-0.4, -0.2) is 28.0 Å². The Bertz CT molecular complexity index is 380. The highest BCUT2D eigenvalue weighted by Crippen LogP contribution is 2.22. The van der Waals surface area contributed by atoms with E-state index in [0.717, 1.165) is 10.5 Å². The summed E-state index contributed by atoms with van der Waals surface area (Å²) in [6.07, 6.45) is -0.202. The van der Waals surface area contributed by atoms with Crippen LogP contribution in [0.4, 0.5) is 4.79 Å². The average molecular weight is 205 g/mol. The number of hydrogen-bond acceptors (Lipinski definition) is 2. The van der Waals surface area contributed by atoms with Gasteiger partial charge in [-0.15, -0.1) is 0 Å². The van der Waals surface area contributed by atoms with Crippen LogP contribution in [0.15, 0.2) is 30.3 Å². The van der Waals surface area contributed by atoms with E-state index in [1.54, 1.807) is 0 Å². The minimum absolute atomic E-state index is 0.183. The third-order valence-corrected chi connectivity index (χ3v) is 2.56. The Kier molecular flexibility index (Phi) is 2.41. The van der Waals surface area contributed by atoms with Gasteiger partial charge in [-0.1, -0.05) is 30.3 Å². The highest BCUT2D eigenvalue weighted by Gasteiger charge is 2.40. The molecule has 1 N–H and O–H groups in total. The second-order valence-electron chi connectivity index (χ2n) is 3.59. The first-order valence-electron chi connectivity index (χ1n) is 4.77. The van der Waals surface area contributed by atoms with Crippen molar-refractivity contribution in [2.24, 2.45) is 0 Å². The van der Waals surface area contributed by atoms with Crippen LogP contribution in [0.2, 0.25) is 0 Å². The van der Waals surface area contributed by atoms with E-state index in [9.17, 15) is 9.59 Å². The van der Waals surface area contributed by atoms with Gasteiger partial charge in [0.1, 0.15) is 0 Å². The lowest BCUT2D eigenvalue weighted by Gasteiger charge is -2.36. The zero-order valence-electron chi connectivity index (χ0n) is 8.09. The predicted octanol–water partition coefficient (Wildman–Crippen LogP) is 1.51. The summed E-state index contributed by atoms with van der Waals surface area (Å²) in [5, 5.41) is 8.76. The van der Waals surface area contributed by atoms with Gasteiger partial charge in [0.05, 0.1) is 6.04 Å². The topological polar surface area (TPSA) is 57.6 Å². The molecule has 2 rings (SSSR count). The van der Waals surface area contributed by atoms with E-state index in [1.807, 2.05) is 30.3 Å². The van der Waals surface area contributed by atoms with Gasteiger partial charge in [-0.25, -0.2) is 9.69 Å². The fraction of sp³-hybridized carbons (Fsp3) is 0.273. The molecule has 0 radical (unpaired) electrons. The fourth-order valence-corrected chi connectivity index (χ4v) is 1.79. The summed E-state index contributed by atoms with van der Waals surface area (Å²) in [6.45, 7) is 0. The van der Waals surface area contributed by atoms with Gasteiger partial charge in [0.25, 0.3) is 0 Å². The number of carbonyl (C=O) groups is 2. The van der Waals surface area contributed by atoms with Crippen LogP contribution in [0.3, 0.4) is 0 Å². The Labute approximate surface area is 87.1 Å². The standard InChI is InChI=1S/C11H11NO3/c13-10-7-9(12(10)11(14)15)6-8-4-2-1-3-5-8/h1-5,9H,6-7H2,(H,14,15). The molecule has 2 amide bonds. The van der Waals surface area contributed by atoms with Gasteiger partial charge in [-0.2, -0.15) is 0 Å². The number of imide groups is 1. The maximum Gasteiger partial charge on any atom is 0.414 e. The van der Waals surface area contributed by atoms with Crippen molar-refractivity contribution in [2.75, 3.05) is 0 Å². The monoisotopic (exact) mass is 205 g/mol. The number of β-lactam (4-membered cyclic amide) rings is 1. The van der Waals surface area contributed by atoms with Gasteiger partial charge in [0.2, 0.25) is 5.91 Å². The molecule has 0 aromatic heterocycles. The van der Waals surface area contributed by atoms with Crippen molar-refractivity contribution in [1.82, 2.24) is 4.90 Å². The Balaban J connectivity index is 2.03. The number of hydrogen-bond donors (Lipinski definition) is 1. The van der Waals surface area contributed by atoms with E-state index >= 15 is 0 Å². The average Bonchev–Trinajstić information content (AvgIpc) is 2.17. The fourth-order valence-electron chi connectivity index (χ4n) is 1.79. The third-order valence-electron chi connectivity index (χ3n) is 2.56. The minimum Gasteiger partial charge on any atom is -0.465 e. The lowest BCUT2D eigenvalue weighted by atomic mass is 9.95. The molecule has 4 heteroatoms. The SMILES string of the molecule is O=C(O)N1C(=O)CC1Cc1ccccc1. The maximum absolute atomic E-state index is 11.0. The molecule has 1 aromatic carbocycles.